The zero-order chi connectivity index (χ0) is 12.7. The molecule has 0 radical (unpaired) electrons. The molecule has 1 heterocycles. The third-order valence-electron chi connectivity index (χ3n) is 2.42. The summed E-state index contributed by atoms with van der Waals surface area (Å²) in [6.45, 7) is 6.17. The summed E-state index contributed by atoms with van der Waals surface area (Å²) < 4.78 is 5.38. The van der Waals surface area contributed by atoms with E-state index in [9.17, 15) is 4.79 Å². The maximum Gasteiger partial charge on any atom is 0.220 e. The zero-order valence-electron chi connectivity index (χ0n) is 10.4. The molecule has 0 aromatic carbocycles. The van der Waals surface area contributed by atoms with Crippen LogP contribution >= 0.6 is 11.3 Å². The number of rotatable bonds is 7. The van der Waals surface area contributed by atoms with E-state index in [1.165, 1.54) is 4.88 Å². The van der Waals surface area contributed by atoms with Gasteiger partial charge in [-0.2, -0.15) is 0 Å². The molecule has 4 heteroatoms. The van der Waals surface area contributed by atoms with E-state index in [-0.39, 0.29) is 12.0 Å². The van der Waals surface area contributed by atoms with Gasteiger partial charge < -0.3 is 10.1 Å². The average molecular weight is 253 g/mol. The van der Waals surface area contributed by atoms with E-state index >= 15 is 0 Å². The second-order valence-corrected chi connectivity index (χ2v) is 5.12. The average Bonchev–Trinajstić information content (AvgIpc) is 2.74. The van der Waals surface area contributed by atoms with Crippen molar-refractivity contribution in [2.45, 2.75) is 25.9 Å². The summed E-state index contributed by atoms with van der Waals surface area (Å²) >= 11 is 1.70. The quantitative estimate of drug-likeness (QED) is 0.759. The third kappa shape index (κ3) is 4.71. The molecule has 0 fully saturated rings. The minimum atomic E-state index is -0.0543. The molecule has 0 saturated heterocycles. The van der Waals surface area contributed by atoms with Crippen molar-refractivity contribution in [2.75, 3.05) is 13.7 Å². The van der Waals surface area contributed by atoms with Gasteiger partial charge in [0.15, 0.2) is 0 Å². The second kappa shape index (κ2) is 7.25. The van der Waals surface area contributed by atoms with Gasteiger partial charge in [0, 0.05) is 29.8 Å². The first-order valence-electron chi connectivity index (χ1n) is 5.64. The molecular weight excluding hydrogens is 234 g/mol. The lowest BCUT2D eigenvalue weighted by atomic mass is 10.2. The monoisotopic (exact) mass is 253 g/mol. The van der Waals surface area contributed by atoms with E-state index in [1.54, 1.807) is 24.5 Å². The number of carbonyl (C=O) groups is 1. The van der Waals surface area contributed by atoms with Crippen LogP contribution in [0.25, 0.3) is 0 Å². The van der Waals surface area contributed by atoms with E-state index in [0.29, 0.717) is 19.4 Å². The Morgan fingerprint density at radius 3 is 2.94 bits per heavy atom. The van der Waals surface area contributed by atoms with Crippen LogP contribution in [0.15, 0.2) is 24.8 Å². The SMILES string of the molecule is C=CCCC(=O)NCC(OC)c1ccc(C)s1. The van der Waals surface area contributed by atoms with Gasteiger partial charge in [0.05, 0.1) is 0 Å². The van der Waals surface area contributed by atoms with Crippen LogP contribution in [0.4, 0.5) is 0 Å². The number of aryl methyl sites for hydroxylation is 1. The Morgan fingerprint density at radius 1 is 1.65 bits per heavy atom. The first-order chi connectivity index (χ1) is 8.17. The predicted molar refractivity (Wildman–Crippen MR) is 71.2 cm³/mol. The number of hydrogen-bond acceptors (Lipinski definition) is 3. The number of amides is 1. The highest BCUT2D eigenvalue weighted by molar-refractivity contribution is 7.12. The lowest BCUT2D eigenvalue weighted by molar-refractivity contribution is -0.121. The number of nitrogens with one attached hydrogen (secondary N) is 1. The third-order valence-corrected chi connectivity index (χ3v) is 3.52. The number of hydrogen-bond donors (Lipinski definition) is 1. The van der Waals surface area contributed by atoms with Gasteiger partial charge in [0.25, 0.3) is 0 Å². The van der Waals surface area contributed by atoms with Crippen LogP contribution in [0.1, 0.15) is 28.7 Å². The van der Waals surface area contributed by atoms with Gasteiger partial charge in [-0.1, -0.05) is 6.08 Å². The Hall–Kier alpha value is -1.13. The van der Waals surface area contributed by atoms with Gasteiger partial charge in [-0.05, 0) is 25.5 Å². The molecule has 1 N–H and O–H groups in total. The summed E-state index contributed by atoms with van der Waals surface area (Å²) in [4.78, 5) is 13.8. The number of carbonyl (C=O) groups excluding carboxylic acids is 1. The molecule has 3 nitrogen and oxygen atoms in total. The molecule has 94 valence electrons. The first kappa shape index (κ1) is 13.9. The number of ether oxygens (including phenoxy) is 1. The Kier molecular flexibility index (Phi) is 5.94. The molecule has 0 bridgehead atoms. The fraction of sp³-hybridized carbons (Fsp3) is 0.462. The lowest BCUT2D eigenvalue weighted by Gasteiger charge is -2.14. The van der Waals surface area contributed by atoms with Crippen LogP contribution in [-0.2, 0) is 9.53 Å². The largest absolute Gasteiger partial charge is 0.374 e. The molecular formula is C13H19NO2S. The van der Waals surface area contributed by atoms with Crippen molar-refractivity contribution in [1.29, 1.82) is 0 Å². The molecule has 0 aliphatic carbocycles. The zero-order valence-corrected chi connectivity index (χ0v) is 11.2. The van der Waals surface area contributed by atoms with E-state index < -0.39 is 0 Å². The normalized spacial score (nSPS) is 12.1. The Balaban J connectivity index is 2.42. The van der Waals surface area contributed by atoms with Gasteiger partial charge in [-0.3, -0.25) is 4.79 Å². The highest BCUT2D eigenvalue weighted by atomic mass is 32.1. The molecule has 0 spiro atoms. The minimum absolute atomic E-state index is 0.0419. The molecule has 0 aliphatic heterocycles. The van der Waals surface area contributed by atoms with Crippen molar-refractivity contribution in [2.24, 2.45) is 0 Å². The van der Waals surface area contributed by atoms with Crippen molar-refractivity contribution in [3.63, 3.8) is 0 Å². The van der Waals surface area contributed by atoms with Crippen LogP contribution in [-0.4, -0.2) is 19.6 Å². The predicted octanol–water partition coefficient (Wildman–Crippen LogP) is 2.83. The molecule has 1 rings (SSSR count). The Morgan fingerprint density at radius 2 is 2.41 bits per heavy atom. The minimum Gasteiger partial charge on any atom is -0.374 e. The Bertz CT molecular complexity index is 373. The molecule has 1 unspecified atom stereocenters. The van der Waals surface area contributed by atoms with E-state index in [4.69, 9.17) is 4.74 Å². The van der Waals surface area contributed by atoms with E-state index in [0.717, 1.165) is 4.88 Å². The molecule has 17 heavy (non-hydrogen) atoms. The summed E-state index contributed by atoms with van der Waals surface area (Å²) in [5.41, 5.74) is 0. The number of allylic oxidation sites excluding steroid dienone is 1. The topological polar surface area (TPSA) is 38.3 Å². The maximum absolute atomic E-state index is 11.4. The smallest absolute Gasteiger partial charge is 0.220 e. The van der Waals surface area contributed by atoms with Crippen molar-refractivity contribution >= 4 is 17.2 Å². The van der Waals surface area contributed by atoms with Crippen LogP contribution in [0.5, 0.6) is 0 Å². The summed E-state index contributed by atoms with van der Waals surface area (Å²) in [6.07, 6.45) is 2.89. The van der Waals surface area contributed by atoms with Gasteiger partial charge in [-0.25, -0.2) is 0 Å². The van der Waals surface area contributed by atoms with Crippen LogP contribution in [0, 0.1) is 6.92 Å². The van der Waals surface area contributed by atoms with E-state index in [2.05, 4.69) is 24.9 Å². The number of methoxy groups -OCH3 is 1. The molecule has 0 aliphatic rings. The second-order valence-electron chi connectivity index (χ2n) is 3.80. The van der Waals surface area contributed by atoms with Gasteiger partial charge >= 0.3 is 0 Å². The Labute approximate surface area is 106 Å². The van der Waals surface area contributed by atoms with Crippen LogP contribution in [0.3, 0.4) is 0 Å². The maximum atomic E-state index is 11.4. The van der Waals surface area contributed by atoms with Crippen LogP contribution in [0.2, 0.25) is 0 Å². The highest BCUT2D eigenvalue weighted by Gasteiger charge is 2.13. The number of thiophene rings is 1. The van der Waals surface area contributed by atoms with Gasteiger partial charge in [-0.15, -0.1) is 17.9 Å². The first-order valence-corrected chi connectivity index (χ1v) is 6.45. The summed E-state index contributed by atoms with van der Waals surface area (Å²) in [5, 5.41) is 2.87. The van der Waals surface area contributed by atoms with Crippen molar-refractivity contribution in [3.8, 4) is 0 Å². The fourth-order valence-electron chi connectivity index (χ4n) is 1.45. The molecule has 0 saturated carbocycles. The molecule has 1 aromatic heterocycles. The molecule has 1 atom stereocenters. The lowest BCUT2D eigenvalue weighted by Crippen LogP contribution is -2.28. The van der Waals surface area contributed by atoms with Gasteiger partial charge in [0.1, 0.15) is 6.10 Å². The standard InChI is InChI=1S/C13H19NO2S/c1-4-5-6-13(15)14-9-11(16-3)12-8-7-10(2)17-12/h4,7-8,11H,1,5-6,9H2,2-3H3,(H,14,15). The van der Waals surface area contributed by atoms with Crippen molar-refractivity contribution in [3.05, 3.63) is 34.5 Å². The van der Waals surface area contributed by atoms with Crippen molar-refractivity contribution in [1.82, 2.24) is 5.32 Å². The van der Waals surface area contributed by atoms with Crippen molar-refractivity contribution < 1.29 is 9.53 Å². The fourth-order valence-corrected chi connectivity index (χ4v) is 2.41. The molecule has 1 aromatic rings. The summed E-state index contributed by atoms with van der Waals surface area (Å²) in [6, 6.07) is 4.11. The molecule has 1 amide bonds. The summed E-state index contributed by atoms with van der Waals surface area (Å²) in [7, 11) is 1.66. The highest BCUT2D eigenvalue weighted by Crippen LogP contribution is 2.24. The van der Waals surface area contributed by atoms with E-state index in [1.807, 2.05) is 6.07 Å². The van der Waals surface area contributed by atoms with Crippen LogP contribution < -0.4 is 5.32 Å². The van der Waals surface area contributed by atoms with Gasteiger partial charge in [0.2, 0.25) is 5.91 Å². The summed E-state index contributed by atoms with van der Waals surface area (Å²) in [5.74, 6) is 0.0419.